The van der Waals surface area contributed by atoms with Crippen molar-refractivity contribution in [3.05, 3.63) is 92.9 Å². The predicted octanol–water partition coefficient (Wildman–Crippen LogP) is 2.01. The third-order valence-electron chi connectivity index (χ3n) is 6.04. The quantitative estimate of drug-likeness (QED) is 0.599. The van der Waals surface area contributed by atoms with Crippen LogP contribution in [0.3, 0.4) is 0 Å². The Morgan fingerprint density at radius 3 is 2.48 bits per heavy atom. The minimum Gasteiger partial charge on any atom is -0.357 e. The van der Waals surface area contributed by atoms with E-state index in [1.807, 2.05) is 42.5 Å². The number of pyridine rings is 1. The molecular weight excluding hydrogens is 418 g/mol. The van der Waals surface area contributed by atoms with E-state index in [1.54, 1.807) is 6.20 Å². The molecule has 0 bridgehead atoms. The van der Waals surface area contributed by atoms with Gasteiger partial charge in [-0.15, -0.1) is 0 Å². The molecule has 8 nitrogen and oxygen atoms in total. The zero-order chi connectivity index (χ0) is 23.2. The molecule has 1 aliphatic rings. The van der Waals surface area contributed by atoms with Crippen molar-refractivity contribution >= 4 is 11.7 Å². The Morgan fingerprint density at radius 1 is 1.03 bits per heavy atom. The highest BCUT2D eigenvalue weighted by Crippen LogP contribution is 2.21. The molecule has 1 fully saturated rings. The summed E-state index contributed by atoms with van der Waals surface area (Å²) in [6, 6.07) is 14.7. The van der Waals surface area contributed by atoms with Gasteiger partial charge in [0.05, 0.1) is 6.54 Å². The first-order chi connectivity index (χ1) is 16.0. The third kappa shape index (κ3) is 5.77. The van der Waals surface area contributed by atoms with Gasteiger partial charge in [-0.25, -0.2) is 9.78 Å². The smallest absolute Gasteiger partial charge is 0.331 e. The summed E-state index contributed by atoms with van der Waals surface area (Å²) < 4.78 is 2.38. The summed E-state index contributed by atoms with van der Waals surface area (Å²) in [7, 11) is 0. The summed E-state index contributed by atoms with van der Waals surface area (Å²) in [5, 5.41) is 2.78. The average Bonchev–Trinajstić information content (AvgIpc) is 2.84. The van der Waals surface area contributed by atoms with E-state index in [2.05, 4.69) is 22.1 Å². The van der Waals surface area contributed by atoms with Crippen molar-refractivity contribution in [2.45, 2.75) is 39.4 Å². The minimum atomic E-state index is -0.511. The Morgan fingerprint density at radius 2 is 1.79 bits per heavy atom. The van der Waals surface area contributed by atoms with Crippen LogP contribution in [0.1, 0.15) is 30.9 Å². The SMILES string of the molecule is CC1CCN(c2ccc(CNC(=O)Cn3c(=O)ccn(Cc4ccccc4)c3=O)cn2)CC1. The lowest BCUT2D eigenvalue weighted by Crippen LogP contribution is -2.43. The van der Waals surface area contributed by atoms with Crippen LogP contribution in [0.25, 0.3) is 0 Å². The molecule has 0 radical (unpaired) electrons. The average molecular weight is 448 g/mol. The highest BCUT2D eigenvalue weighted by atomic mass is 16.2. The number of hydrogen-bond acceptors (Lipinski definition) is 5. The summed E-state index contributed by atoms with van der Waals surface area (Å²) in [6.07, 6.45) is 5.56. The van der Waals surface area contributed by atoms with Crippen molar-refractivity contribution < 1.29 is 4.79 Å². The lowest BCUT2D eigenvalue weighted by atomic mass is 9.99. The number of benzene rings is 1. The van der Waals surface area contributed by atoms with Gasteiger partial charge < -0.3 is 10.2 Å². The second-order valence-electron chi connectivity index (χ2n) is 8.61. The van der Waals surface area contributed by atoms with E-state index in [4.69, 9.17) is 0 Å². The van der Waals surface area contributed by atoms with E-state index < -0.39 is 17.2 Å². The summed E-state index contributed by atoms with van der Waals surface area (Å²) in [6.45, 7) is 4.58. The molecule has 1 aromatic carbocycles. The van der Waals surface area contributed by atoms with E-state index in [-0.39, 0.29) is 13.1 Å². The van der Waals surface area contributed by atoms with Crippen LogP contribution in [0.5, 0.6) is 0 Å². The first-order valence-corrected chi connectivity index (χ1v) is 11.3. The van der Waals surface area contributed by atoms with Crippen LogP contribution in [0, 0.1) is 5.92 Å². The van der Waals surface area contributed by atoms with Crippen LogP contribution >= 0.6 is 0 Å². The van der Waals surface area contributed by atoms with Gasteiger partial charge in [0.1, 0.15) is 12.4 Å². The van der Waals surface area contributed by atoms with Crippen molar-refractivity contribution in [1.29, 1.82) is 0 Å². The van der Waals surface area contributed by atoms with Crippen molar-refractivity contribution in [3.8, 4) is 0 Å². The van der Waals surface area contributed by atoms with Crippen molar-refractivity contribution in [2.24, 2.45) is 5.92 Å². The first-order valence-electron chi connectivity index (χ1n) is 11.3. The van der Waals surface area contributed by atoms with Gasteiger partial charge in [0.15, 0.2) is 0 Å². The fourth-order valence-electron chi connectivity index (χ4n) is 3.95. The van der Waals surface area contributed by atoms with Gasteiger partial charge in [0.25, 0.3) is 5.56 Å². The topological polar surface area (TPSA) is 89.2 Å². The standard InChI is InChI=1S/C25H29N5O3/c1-19-9-12-28(13-10-19)22-8-7-21(15-26-22)16-27-23(31)18-30-24(32)11-14-29(25(30)33)17-20-5-3-2-4-6-20/h2-8,11,14-15,19H,9-10,12-13,16-18H2,1H3,(H,27,31). The molecule has 0 saturated carbocycles. The molecule has 1 N–H and O–H groups in total. The summed E-state index contributed by atoms with van der Waals surface area (Å²) in [5.74, 6) is 1.31. The largest absolute Gasteiger partial charge is 0.357 e. The number of nitrogens with zero attached hydrogens (tertiary/aromatic N) is 4. The van der Waals surface area contributed by atoms with E-state index in [1.165, 1.54) is 29.7 Å². The summed E-state index contributed by atoms with van der Waals surface area (Å²) in [4.78, 5) is 44.2. The number of carbonyl (C=O) groups excluding carboxylic acids is 1. The van der Waals surface area contributed by atoms with Crippen LogP contribution in [0.2, 0.25) is 0 Å². The molecule has 2 aromatic heterocycles. The van der Waals surface area contributed by atoms with Gasteiger partial charge in [-0.05, 0) is 36.0 Å². The molecule has 3 aromatic rings. The zero-order valence-corrected chi connectivity index (χ0v) is 18.8. The Hall–Kier alpha value is -3.68. The number of rotatable bonds is 7. The molecule has 4 rings (SSSR count). The van der Waals surface area contributed by atoms with Crippen molar-refractivity contribution in [3.63, 3.8) is 0 Å². The lowest BCUT2D eigenvalue weighted by Gasteiger charge is -2.31. The van der Waals surface area contributed by atoms with Crippen LogP contribution in [0.15, 0.2) is 70.5 Å². The Kier molecular flexibility index (Phi) is 7.02. The lowest BCUT2D eigenvalue weighted by molar-refractivity contribution is -0.121. The van der Waals surface area contributed by atoms with Gasteiger partial charge in [0.2, 0.25) is 5.91 Å². The molecular formula is C25H29N5O3. The van der Waals surface area contributed by atoms with E-state index in [0.717, 1.165) is 40.5 Å². The van der Waals surface area contributed by atoms with Crippen LogP contribution in [-0.2, 0) is 24.4 Å². The van der Waals surface area contributed by atoms with Crippen molar-refractivity contribution in [2.75, 3.05) is 18.0 Å². The molecule has 3 heterocycles. The zero-order valence-electron chi connectivity index (χ0n) is 18.8. The number of amides is 1. The first kappa shape index (κ1) is 22.5. The molecule has 1 amide bonds. The Bertz CT molecular complexity index is 1190. The number of nitrogens with one attached hydrogen (secondary N) is 1. The van der Waals surface area contributed by atoms with E-state index in [9.17, 15) is 14.4 Å². The minimum absolute atomic E-state index is 0.281. The van der Waals surface area contributed by atoms with Gasteiger partial charge in [-0.1, -0.05) is 43.3 Å². The second-order valence-corrected chi connectivity index (χ2v) is 8.61. The number of aromatic nitrogens is 3. The molecule has 1 saturated heterocycles. The van der Waals surface area contributed by atoms with E-state index >= 15 is 0 Å². The van der Waals surface area contributed by atoms with Gasteiger partial charge in [-0.2, -0.15) is 0 Å². The van der Waals surface area contributed by atoms with Crippen LogP contribution in [0.4, 0.5) is 5.82 Å². The molecule has 33 heavy (non-hydrogen) atoms. The van der Waals surface area contributed by atoms with Crippen molar-refractivity contribution in [1.82, 2.24) is 19.4 Å². The maximum Gasteiger partial charge on any atom is 0.331 e. The fourth-order valence-corrected chi connectivity index (χ4v) is 3.95. The third-order valence-corrected chi connectivity index (χ3v) is 6.04. The second kappa shape index (κ2) is 10.3. The van der Waals surface area contributed by atoms with Crippen LogP contribution in [-0.4, -0.2) is 33.1 Å². The summed E-state index contributed by atoms with van der Waals surface area (Å²) >= 11 is 0. The monoisotopic (exact) mass is 447 g/mol. The number of hydrogen-bond donors (Lipinski definition) is 1. The number of carbonyl (C=O) groups is 1. The molecule has 0 aliphatic carbocycles. The number of anilines is 1. The highest BCUT2D eigenvalue weighted by Gasteiger charge is 2.17. The molecule has 0 atom stereocenters. The van der Waals surface area contributed by atoms with Crippen LogP contribution < -0.4 is 21.5 Å². The maximum atomic E-state index is 12.7. The normalized spacial score (nSPS) is 14.3. The number of piperidine rings is 1. The molecule has 8 heteroatoms. The predicted molar refractivity (Wildman–Crippen MR) is 127 cm³/mol. The van der Waals surface area contributed by atoms with E-state index in [0.29, 0.717) is 6.54 Å². The molecule has 0 unspecified atom stereocenters. The maximum absolute atomic E-state index is 12.7. The molecule has 0 spiro atoms. The highest BCUT2D eigenvalue weighted by molar-refractivity contribution is 5.75. The Labute approximate surface area is 192 Å². The molecule has 1 aliphatic heterocycles. The molecule has 172 valence electrons. The van der Waals surface area contributed by atoms with Gasteiger partial charge in [-0.3, -0.25) is 18.7 Å². The Balaban J connectivity index is 1.35. The summed E-state index contributed by atoms with van der Waals surface area (Å²) in [5.41, 5.74) is 0.786. The fraction of sp³-hybridized carbons (Fsp3) is 0.360. The van der Waals surface area contributed by atoms with Gasteiger partial charge in [0, 0.05) is 38.1 Å². The van der Waals surface area contributed by atoms with Gasteiger partial charge >= 0.3 is 5.69 Å².